The summed E-state index contributed by atoms with van der Waals surface area (Å²) in [7, 11) is -2.24. The minimum absolute atomic E-state index is 0.125. The molecule has 2 aromatic carbocycles. The molecule has 0 unspecified atom stereocenters. The second kappa shape index (κ2) is 10.4. The maximum atomic E-state index is 13.3. The first kappa shape index (κ1) is 26.1. The van der Waals surface area contributed by atoms with E-state index < -0.39 is 10.0 Å². The van der Waals surface area contributed by atoms with Gasteiger partial charge in [-0.25, -0.2) is 18.4 Å². The number of hydrogen-bond donors (Lipinski definition) is 2. The van der Waals surface area contributed by atoms with Crippen molar-refractivity contribution in [3.05, 3.63) is 77.8 Å². The molecule has 12 heteroatoms. The highest BCUT2D eigenvalue weighted by Crippen LogP contribution is 2.35. The van der Waals surface area contributed by atoms with Gasteiger partial charge in [-0.15, -0.1) is 0 Å². The Labute approximate surface area is 235 Å². The maximum Gasteiger partial charge on any atom is 0.291 e. The third kappa shape index (κ3) is 4.83. The fraction of sp³-hybridized carbons (Fsp3) is 0.179. The third-order valence-corrected chi connectivity index (χ3v) is 8.99. The van der Waals surface area contributed by atoms with Crippen LogP contribution in [-0.4, -0.2) is 53.8 Å². The Hall–Kier alpha value is -4.19. The molecule has 2 N–H and O–H groups in total. The number of rotatable bonds is 7. The number of furan rings is 1. The Morgan fingerprint density at radius 2 is 1.93 bits per heavy atom. The summed E-state index contributed by atoms with van der Waals surface area (Å²) in [6.45, 7) is 0.993. The summed E-state index contributed by atoms with van der Waals surface area (Å²) in [5.41, 5.74) is 3.55. The highest BCUT2D eigenvalue weighted by molar-refractivity contribution is 7.89. The number of benzene rings is 2. The van der Waals surface area contributed by atoms with Crippen molar-refractivity contribution in [3.63, 3.8) is 0 Å². The highest BCUT2D eigenvalue weighted by Gasteiger charge is 2.30. The molecule has 4 heterocycles. The summed E-state index contributed by atoms with van der Waals surface area (Å²) in [6.07, 6.45) is 4.75. The highest BCUT2D eigenvalue weighted by atomic mass is 35.5. The van der Waals surface area contributed by atoms with Crippen LogP contribution in [0.15, 0.2) is 76.4 Å². The van der Waals surface area contributed by atoms with Crippen LogP contribution in [0.2, 0.25) is 5.02 Å². The van der Waals surface area contributed by atoms with Gasteiger partial charge in [-0.05, 0) is 66.9 Å². The molecular weight excluding hydrogens is 554 g/mol. The number of carbonyl (C=O) groups excluding carboxylic acids is 1. The number of nitrogens with one attached hydrogen (secondary N) is 2. The zero-order chi connectivity index (χ0) is 27.9. The quantitative estimate of drug-likeness (QED) is 0.258. The molecule has 10 nitrogen and oxygen atoms in total. The van der Waals surface area contributed by atoms with Crippen molar-refractivity contribution in [2.24, 2.45) is 0 Å². The molecule has 0 spiro atoms. The van der Waals surface area contributed by atoms with Crippen LogP contribution < -0.4 is 10.1 Å². The van der Waals surface area contributed by atoms with Crippen molar-refractivity contribution in [3.8, 4) is 28.3 Å². The molecule has 1 amide bonds. The average Bonchev–Trinajstić information content (AvgIpc) is 3.75. The summed E-state index contributed by atoms with van der Waals surface area (Å²) in [6, 6.07) is 15.2. The molecule has 204 valence electrons. The van der Waals surface area contributed by atoms with E-state index in [2.05, 4.69) is 20.3 Å². The number of sulfonamides is 1. The van der Waals surface area contributed by atoms with Gasteiger partial charge in [-0.1, -0.05) is 17.7 Å². The summed E-state index contributed by atoms with van der Waals surface area (Å²) in [5.74, 6) is 0.555. The number of fused-ring (bicyclic) bond motifs is 1. The van der Waals surface area contributed by atoms with Crippen LogP contribution in [0, 0.1) is 0 Å². The van der Waals surface area contributed by atoms with Gasteiger partial charge < -0.3 is 19.5 Å². The van der Waals surface area contributed by atoms with Crippen molar-refractivity contribution < 1.29 is 22.4 Å². The van der Waals surface area contributed by atoms with Crippen LogP contribution >= 0.6 is 11.6 Å². The van der Waals surface area contributed by atoms with Gasteiger partial charge in [0.2, 0.25) is 10.0 Å². The molecule has 0 saturated carbocycles. The van der Waals surface area contributed by atoms with Gasteiger partial charge in [-0.3, -0.25) is 4.79 Å². The molecule has 1 saturated heterocycles. The molecule has 0 radical (unpaired) electrons. The fourth-order valence-electron chi connectivity index (χ4n) is 4.70. The van der Waals surface area contributed by atoms with E-state index in [1.807, 2.05) is 6.07 Å². The third-order valence-electron chi connectivity index (χ3n) is 6.74. The molecule has 1 aliphatic heterocycles. The number of methoxy groups -OCH3 is 1. The number of nitrogens with zero attached hydrogens (tertiary/aromatic N) is 3. The number of amides is 1. The average molecular weight is 578 g/mol. The first-order chi connectivity index (χ1) is 19.3. The summed E-state index contributed by atoms with van der Waals surface area (Å²) >= 11 is 6.48. The van der Waals surface area contributed by atoms with Gasteiger partial charge in [-0.2, -0.15) is 4.31 Å². The molecule has 0 atom stereocenters. The lowest BCUT2D eigenvalue weighted by atomic mass is 10.1. The van der Waals surface area contributed by atoms with Crippen molar-refractivity contribution in [1.82, 2.24) is 19.3 Å². The second-order valence-electron chi connectivity index (χ2n) is 9.28. The minimum atomic E-state index is -3.70. The number of imidazole rings is 1. The molecule has 6 rings (SSSR count). The summed E-state index contributed by atoms with van der Waals surface area (Å²) < 4.78 is 38.7. The number of halogens is 1. The minimum Gasteiger partial charge on any atom is -0.495 e. The number of aromatic amines is 1. The van der Waals surface area contributed by atoms with Crippen molar-refractivity contribution in [2.75, 3.05) is 25.5 Å². The number of anilines is 1. The molecule has 0 bridgehead atoms. The van der Waals surface area contributed by atoms with Crippen LogP contribution in [0.25, 0.3) is 33.7 Å². The Morgan fingerprint density at radius 1 is 1.10 bits per heavy atom. The number of aromatic nitrogens is 3. The smallest absolute Gasteiger partial charge is 0.291 e. The van der Waals surface area contributed by atoms with E-state index in [4.69, 9.17) is 20.8 Å². The molecular formula is C28H24ClN5O5S. The number of carbonyl (C=O) groups is 1. The van der Waals surface area contributed by atoms with Gasteiger partial charge in [0.05, 0.1) is 23.9 Å². The number of H-pyrrole nitrogens is 1. The zero-order valence-corrected chi connectivity index (χ0v) is 22.9. The van der Waals surface area contributed by atoms with Gasteiger partial charge in [0.15, 0.2) is 11.4 Å². The predicted molar refractivity (Wildman–Crippen MR) is 151 cm³/mol. The van der Waals surface area contributed by atoms with Gasteiger partial charge in [0, 0.05) is 36.1 Å². The van der Waals surface area contributed by atoms with E-state index in [0.717, 1.165) is 12.8 Å². The Morgan fingerprint density at radius 3 is 2.67 bits per heavy atom. The number of ether oxygens (including phenoxy) is 1. The number of pyridine rings is 1. The predicted octanol–water partition coefficient (Wildman–Crippen LogP) is 5.58. The first-order valence-electron chi connectivity index (χ1n) is 12.5. The molecule has 1 fully saturated rings. The van der Waals surface area contributed by atoms with Gasteiger partial charge in [0.1, 0.15) is 16.5 Å². The van der Waals surface area contributed by atoms with Crippen molar-refractivity contribution >= 4 is 44.4 Å². The second-order valence-corrected chi connectivity index (χ2v) is 11.6. The summed E-state index contributed by atoms with van der Waals surface area (Å²) in [4.78, 5) is 24.8. The van der Waals surface area contributed by atoms with Crippen molar-refractivity contribution in [2.45, 2.75) is 17.7 Å². The zero-order valence-electron chi connectivity index (χ0n) is 21.3. The standard InChI is InChI=1S/C28H24ClN5O5S/c1-38-23-9-6-17(14-25(23)40(36,37)34-10-2-3-11-34)18-13-22-27(30-16-18)33-26(32-22)20-15-19(7-8-21(20)29)31-28(35)24-5-4-12-39-24/h4-9,12-16H,2-3,10-11H2,1H3,(H,31,35)(H,30,32,33). The van der Waals surface area contributed by atoms with Gasteiger partial charge >= 0.3 is 0 Å². The van der Waals surface area contributed by atoms with Gasteiger partial charge in [0.25, 0.3) is 5.91 Å². The van der Waals surface area contributed by atoms with Crippen LogP contribution in [0.5, 0.6) is 5.75 Å². The molecule has 5 aromatic rings. The molecule has 0 aliphatic carbocycles. The van der Waals surface area contributed by atoms with Crippen LogP contribution in [-0.2, 0) is 10.0 Å². The van der Waals surface area contributed by atoms with E-state index >= 15 is 0 Å². The first-order valence-corrected chi connectivity index (χ1v) is 14.3. The normalized spacial score (nSPS) is 14.1. The lowest BCUT2D eigenvalue weighted by molar-refractivity contribution is 0.0996. The lowest BCUT2D eigenvalue weighted by Crippen LogP contribution is -2.28. The van der Waals surface area contributed by atoms with E-state index in [0.29, 0.717) is 63.2 Å². The fourth-order valence-corrected chi connectivity index (χ4v) is 6.60. The van der Waals surface area contributed by atoms with E-state index in [1.165, 1.54) is 17.7 Å². The SMILES string of the molecule is COc1ccc(-c2cnc3nc(-c4cc(NC(=O)c5ccco5)ccc4Cl)[nH]c3c2)cc1S(=O)(=O)N1CCCC1. The van der Waals surface area contributed by atoms with E-state index in [9.17, 15) is 13.2 Å². The number of hydrogen-bond acceptors (Lipinski definition) is 7. The van der Waals surface area contributed by atoms with Crippen LogP contribution in [0.4, 0.5) is 5.69 Å². The molecule has 3 aromatic heterocycles. The van der Waals surface area contributed by atoms with Crippen LogP contribution in [0.3, 0.4) is 0 Å². The van der Waals surface area contributed by atoms with Crippen LogP contribution in [0.1, 0.15) is 23.4 Å². The largest absolute Gasteiger partial charge is 0.495 e. The Bertz CT molecular complexity index is 1830. The Balaban J connectivity index is 1.33. The van der Waals surface area contributed by atoms with Crippen molar-refractivity contribution in [1.29, 1.82) is 0 Å². The van der Waals surface area contributed by atoms with E-state index in [1.54, 1.807) is 54.7 Å². The van der Waals surface area contributed by atoms with E-state index in [-0.39, 0.29) is 16.6 Å². The topological polar surface area (TPSA) is 130 Å². The Kier molecular flexibility index (Phi) is 6.78. The lowest BCUT2D eigenvalue weighted by Gasteiger charge is -2.18. The molecule has 1 aliphatic rings. The summed E-state index contributed by atoms with van der Waals surface area (Å²) in [5, 5.41) is 3.21. The molecule has 40 heavy (non-hydrogen) atoms. The monoisotopic (exact) mass is 577 g/mol. The maximum absolute atomic E-state index is 13.3.